The highest BCUT2D eigenvalue weighted by atomic mass is 19.1. The molecule has 2 atom stereocenters. The van der Waals surface area contributed by atoms with Gasteiger partial charge in [-0.05, 0) is 24.0 Å². The van der Waals surface area contributed by atoms with Crippen LogP contribution < -0.4 is 0 Å². The normalized spacial score (nSPS) is 14.8. The molecule has 1 rings (SSSR count). The molecule has 0 amide bonds. The summed E-state index contributed by atoms with van der Waals surface area (Å²) in [6.45, 7) is 3.35. The van der Waals surface area contributed by atoms with Crippen LogP contribution in [0.2, 0.25) is 0 Å². The highest BCUT2D eigenvalue weighted by molar-refractivity contribution is 5.25. The number of hydrogen-bond donors (Lipinski definition) is 1. The van der Waals surface area contributed by atoms with Gasteiger partial charge in [0.1, 0.15) is 6.67 Å². The Morgan fingerprint density at radius 3 is 2.38 bits per heavy atom. The number of alkyl halides is 1. The van der Waals surface area contributed by atoms with Crippen LogP contribution in [-0.4, -0.2) is 17.9 Å². The second-order valence-corrected chi connectivity index (χ2v) is 4.36. The zero-order valence-electron chi connectivity index (χ0n) is 10.1. The Bertz CT molecular complexity index is 294. The van der Waals surface area contributed by atoms with Crippen LogP contribution in [0.1, 0.15) is 43.7 Å². The average Bonchev–Trinajstić information content (AvgIpc) is 2.35. The van der Waals surface area contributed by atoms with E-state index in [0.29, 0.717) is 0 Å². The van der Waals surface area contributed by atoms with Gasteiger partial charge in [-0.3, -0.25) is 0 Å². The lowest BCUT2D eigenvalue weighted by Crippen LogP contribution is -2.17. The highest BCUT2D eigenvalue weighted by Crippen LogP contribution is 2.20. The Labute approximate surface area is 97.3 Å². The molecule has 0 aromatic heterocycles. The minimum atomic E-state index is -0.888. The fourth-order valence-electron chi connectivity index (χ4n) is 1.72. The van der Waals surface area contributed by atoms with Crippen molar-refractivity contribution >= 4 is 0 Å². The van der Waals surface area contributed by atoms with Gasteiger partial charge in [0.2, 0.25) is 0 Å². The Morgan fingerprint density at radius 1 is 1.25 bits per heavy atom. The van der Waals surface area contributed by atoms with E-state index in [9.17, 15) is 9.50 Å². The molecular formula is C14H21FO. The van der Waals surface area contributed by atoms with Gasteiger partial charge in [0.25, 0.3) is 0 Å². The van der Waals surface area contributed by atoms with Crippen molar-refractivity contribution in [2.24, 2.45) is 0 Å². The van der Waals surface area contributed by atoms with Gasteiger partial charge in [-0.2, -0.15) is 0 Å². The quantitative estimate of drug-likeness (QED) is 0.784. The smallest absolute Gasteiger partial charge is 0.116 e. The largest absolute Gasteiger partial charge is 0.390 e. The zero-order valence-corrected chi connectivity index (χ0v) is 10.1. The lowest BCUT2D eigenvalue weighted by atomic mass is 9.94. The van der Waals surface area contributed by atoms with Crippen LogP contribution in [0.25, 0.3) is 0 Å². The molecule has 0 spiro atoms. The molecule has 0 heterocycles. The maximum Gasteiger partial charge on any atom is 0.116 e. The first kappa shape index (κ1) is 13.2. The van der Waals surface area contributed by atoms with Gasteiger partial charge in [-0.1, -0.05) is 44.5 Å². The number of aryl methyl sites for hydroxylation is 1. The highest BCUT2D eigenvalue weighted by Gasteiger charge is 2.15. The summed E-state index contributed by atoms with van der Waals surface area (Å²) in [6.07, 6.45) is 2.60. The van der Waals surface area contributed by atoms with Crippen LogP contribution in [0, 0.1) is 0 Å². The molecule has 0 saturated heterocycles. The minimum Gasteiger partial charge on any atom is -0.390 e. The van der Waals surface area contributed by atoms with Crippen LogP contribution in [0.4, 0.5) is 4.39 Å². The van der Waals surface area contributed by atoms with E-state index >= 15 is 0 Å². The summed E-state index contributed by atoms with van der Waals surface area (Å²) in [4.78, 5) is 0. The molecule has 0 aliphatic carbocycles. The third kappa shape index (κ3) is 3.60. The lowest BCUT2D eigenvalue weighted by Gasteiger charge is -2.16. The maximum absolute atomic E-state index is 12.3. The standard InChI is InChI=1S/C14H21FO/c1-3-4-5-12-6-8-13(9-7-12)11(2)14(16)10-15/h6-9,11,14,16H,3-5,10H2,1-2H3/t11-,14?/m1/s1. The number of benzene rings is 1. The Hall–Kier alpha value is -0.890. The van der Waals surface area contributed by atoms with Crippen molar-refractivity contribution in [1.82, 2.24) is 0 Å². The summed E-state index contributed by atoms with van der Waals surface area (Å²) < 4.78 is 12.3. The maximum atomic E-state index is 12.3. The van der Waals surface area contributed by atoms with Gasteiger partial charge < -0.3 is 5.11 Å². The molecule has 1 aromatic rings. The van der Waals surface area contributed by atoms with Crippen molar-refractivity contribution in [3.8, 4) is 0 Å². The van der Waals surface area contributed by atoms with E-state index in [1.165, 1.54) is 18.4 Å². The predicted octanol–water partition coefficient (Wildman–Crippen LogP) is 3.46. The van der Waals surface area contributed by atoms with E-state index in [1.807, 2.05) is 19.1 Å². The van der Waals surface area contributed by atoms with E-state index in [-0.39, 0.29) is 5.92 Å². The summed E-state index contributed by atoms with van der Waals surface area (Å²) >= 11 is 0. The first-order valence-electron chi connectivity index (χ1n) is 6.02. The zero-order chi connectivity index (χ0) is 12.0. The third-order valence-corrected chi connectivity index (χ3v) is 3.06. The van der Waals surface area contributed by atoms with E-state index in [4.69, 9.17) is 0 Å². The predicted molar refractivity (Wildman–Crippen MR) is 65.5 cm³/mol. The van der Waals surface area contributed by atoms with E-state index < -0.39 is 12.8 Å². The van der Waals surface area contributed by atoms with Gasteiger partial charge in [0.05, 0.1) is 6.10 Å². The molecule has 2 heteroatoms. The number of rotatable bonds is 6. The number of halogens is 1. The van der Waals surface area contributed by atoms with E-state index in [1.54, 1.807) is 0 Å². The second-order valence-electron chi connectivity index (χ2n) is 4.36. The van der Waals surface area contributed by atoms with Gasteiger partial charge >= 0.3 is 0 Å². The molecule has 1 unspecified atom stereocenters. The molecule has 0 fully saturated rings. The van der Waals surface area contributed by atoms with E-state index in [2.05, 4.69) is 19.1 Å². The molecule has 0 saturated carbocycles. The molecule has 1 nitrogen and oxygen atoms in total. The molecule has 0 radical (unpaired) electrons. The van der Waals surface area contributed by atoms with Gasteiger partial charge in [0.15, 0.2) is 0 Å². The minimum absolute atomic E-state index is 0.134. The monoisotopic (exact) mass is 224 g/mol. The summed E-state index contributed by atoms with van der Waals surface area (Å²) in [6, 6.07) is 8.14. The van der Waals surface area contributed by atoms with E-state index in [0.717, 1.165) is 12.0 Å². The molecule has 16 heavy (non-hydrogen) atoms. The molecule has 1 aromatic carbocycles. The molecule has 0 aliphatic heterocycles. The number of hydrogen-bond acceptors (Lipinski definition) is 1. The van der Waals surface area contributed by atoms with Gasteiger partial charge in [0, 0.05) is 5.92 Å². The van der Waals surface area contributed by atoms with Gasteiger partial charge in [-0.15, -0.1) is 0 Å². The SMILES string of the molecule is CCCCc1ccc([C@@H](C)C(O)CF)cc1. The summed E-state index contributed by atoms with van der Waals surface area (Å²) in [7, 11) is 0. The molecule has 0 bridgehead atoms. The Morgan fingerprint density at radius 2 is 1.88 bits per heavy atom. The van der Waals surface area contributed by atoms with Crippen molar-refractivity contribution in [1.29, 1.82) is 0 Å². The fourth-order valence-corrected chi connectivity index (χ4v) is 1.72. The van der Waals surface area contributed by atoms with Crippen molar-refractivity contribution < 1.29 is 9.50 Å². The third-order valence-electron chi connectivity index (χ3n) is 3.06. The topological polar surface area (TPSA) is 20.2 Å². The average molecular weight is 224 g/mol. The van der Waals surface area contributed by atoms with Crippen molar-refractivity contribution in [3.63, 3.8) is 0 Å². The summed E-state index contributed by atoms with van der Waals surface area (Å²) in [5, 5.41) is 9.42. The fraction of sp³-hybridized carbons (Fsp3) is 0.571. The first-order valence-corrected chi connectivity index (χ1v) is 6.02. The van der Waals surface area contributed by atoms with Crippen molar-refractivity contribution in [2.45, 2.75) is 45.1 Å². The summed E-state index contributed by atoms with van der Waals surface area (Å²) in [5.74, 6) is -0.134. The summed E-state index contributed by atoms with van der Waals surface area (Å²) in [5.41, 5.74) is 2.32. The van der Waals surface area contributed by atoms with Crippen LogP contribution >= 0.6 is 0 Å². The Balaban J connectivity index is 2.63. The number of aliphatic hydroxyl groups excluding tert-OH is 1. The molecule has 90 valence electrons. The number of aliphatic hydroxyl groups is 1. The van der Waals surface area contributed by atoms with Crippen LogP contribution in [0.15, 0.2) is 24.3 Å². The van der Waals surface area contributed by atoms with Crippen molar-refractivity contribution in [2.75, 3.05) is 6.67 Å². The van der Waals surface area contributed by atoms with Crippen molar-refractivity contribution in [3.05, 3.63) is 35.4 Å². The Kier molecular flexibility index (Phi) is 5.47. The molecule has 1 N–H and O–H groups in total. The van der Waals surface area contributed by atoms with Crippen LogP contribution in [0.5, 0.6) is 0 Å². The molecular weight excluding hydrogens is 203 g/mol. The first-order chi connectivity index (χ1) is 7.69. The lowest BCUT2D eigenvalue weighted by molar-refractivity contribution is 0.117. The van der Waals surface area contributed by atoms with Gasteiger partial charge in [-0.25, -0.2) is 4.39 Å². The van der Waals surface area contributed by atoms with Crippen LogP contribution in [0.3, 0.4) is 0 Å². The molecule has 0 aliphatic rings. The van der Waals surface area contributed by atoms with Crippen LogP contribution in [-0.2, 0) is 6.42 Å². The second kappa shape index (κ2) is 6.64. The number of unbranched alkanes of at least 4 members (excludes halogenated alkanes) is 1.